The molecule has 2 aromatic heterocycles. The monoisotopic (exact) mass is 382 g/mol. The number of nitrogens with zero attached hydrogens (tertiary/aromatic N) is 6. The Morgan fingerprint density at radius 1 is 1.00 bits per heavy atom. The average molecular weight is 382 g/mol. The minimum absolute atomic E-state index is 0.145. The number of halogens is 2. The highest BCUT2D eigenvalue weighted by molar-refractivity contribution is 7.98. The van der Waals surface area contributed by atoms with E-state index >= 15 is 0 Å². The van der Waals surface area contributed by atoms with Gasteiger partial charge in [0.25, 0.3) is 0 Å². The lowest BCUT2D eigenvalue weighted by molar-refractivity contribution is 0.585. The van der Waals surface area contributed by atoms with Crippen molar-refractivity contribution in [1.82, 2.24) is 30.2 Å². The first-order chi connectivity index (χ1) is 13.2. The molecule has 0 unspecified atom stereocenters. The third kappa shape index (κ3) is 3.28. The minimum Gasteiger partial charge on any atom is -0.230 e. The lowest BCUT2D eigenvalue weighted by atomic mass is 10.1. The van der Waals surface area contributed by atoms with E-state index in [-0.39, 0.29) is 5.56 Å². The first kappa shape index (κ1) is 17.2. The maximum atomic E-state index is 14.5. The fourth-order valence-electron chi connectivity index (χ4n) is 2.61. The molecule has 0 bridgehead atoms. The van der Waals surface area contributed by atoms with Crippen LogP contribution in [0.3, 0.4) is 0 Å². The second-order valence-corrected chi connectivity index (χ2v) is 6.27. The van der Waals surface area contributed by atoms with Gasteiger partial charge >= 0.3 is 0 Å². The normalized spacial score (nSPS) is 10.9. The molecule has 0 radical (unpaired) electrons. The molecule has 4 rings (SSSR count). The largest absolute Gasteiger partial charge is 0.230 e. The predicted octanol–water partition coefficient (Wildman–Crippen LogP) is 3.79. The van der Waals surface area contributed by atoms with Crippen molar-refractivity contribution in [2.45, 2.75) is 5.16 Å². The maximum absolute atomic E-state index is 14.5. The van der Waals surface area contributed by atoms with Crippen molar-refractivity contribution in [1.29, 1.82) is 0 Å². The molecule has 4 aromatic rings. The summed E-state index contributed by atoms with van der Waals surface area (Å²) in [7, 11) is 0. The maximum Gasteiger partial charge on any atom is 0.190 e. The zero-order valence-corrected chi connectivity index (χ0v) is 14.9. The molecule has 0 aliphatic rings. The smallest absolute Gasteiger partial charge is 0.190 e. The van der Waals surface area contributed by atoms with Gasteiger partial charge in [-0.15, -0.1) is 5.10 Å². The Bertz CT molecular complexity index is 1100. The first-order valence-electron chi connectivity index (χ1n) is 7.88. The van der Waals surface area contributed by atoms with Gasteiger partial charge in [0.05, 0.1) is 16.9 Å². The van der Waals surface area contributed by atoms with E-state index in [1.165, 1.54) is 28.6 Å². The Balaban J connectivity index is 1.94. The summed E-state index contributed by atoms with van der Waals surface area (Å²) in [4.78, 5) is 8.69. The van der Waals surface area contributed by atoms with Crippen molar-refractivity contribution in [3.63, 3.8) is 0 Å². The van der Waals surface area contributed by atoms with Gasteiger partial charge in [-0.2, -0.15) is 4.68 Å². The lowest BCUT2D eigenvalue weighted by Crippen LogP contribution is -2.03. The second-order valence-electron chi connectivity index (χ2n) is 5.49. The van der Waals surface area contributed by atoms with Crippen LogP contribution >= 0.6 is 11.8 Å². The Morgan fingerprint density at radius 2 is 1.81 bits per heavy atom. The Kier molecular flexibility index (Phi) is 4.59. The minimum atomic E-state index is -0.722. The Labute approximate surface area is 157 Å². The summed E-state index contributed by atoms with van der Waals surface area (Å²) in [6, 6.07) is 12.6. The van der Waals surface area contributed by atoms with Crippen LogP contribution in [-0.2, 0) is 0 Å². The van der Waals surface area contributed by atoms with Crippen LogP contribution in [0.5, 0.6) is 0 Å². The van der Waals surface area contributed by atoms with E-state index in [9.17, 15) is 8.78 Å². The van der Waals surface area contributed by atoms with Crippen molar-refractivity contribution in [3.8, 4) is 28.3 Å². The van der Waals surface area contributed by atoms with Crippen molar-refractivity contribution >= 4 is 11.8 Å². The Hall–Kier alpha value is -3.20. The topological polar surface area (TPSA) is 69.4 Å². The number of hydrogen-bond donors (Lipinski definition) is 0. The van der Waals surface area contributed by atoms with Gasteiger partial charge in [-0.1, -0.05) is 30.0 Å². The quantitative estimate of drug-likeness (QED) is 0.395. The molecule has 0 aliphatic carbocycles. The fourth-order valence-corrected chi connectivity index (χ4v) is 2.95. The molecule has 134 valence electrons. The molecule has 0 saturated heterocycles. The van der Waals surface area contributed by atoms with Gasteiger partial charge in [0, 0.05) is 17.8 Å². The number of para-hydroxylation sites is 1. The lowest BCUT2D eigenvalue weighted by Gasteiger charge is -2.11. The average Bonchev–Trinajstić information content (AvgIpc) is 3.18. The third-order valence-electron chi connectivity index (χ3n) is 3.85. The molecule has 6 nitrogen and oxygen atoms in total. The number of tetrazole rings is 1. The summed E-state index contributed by atoms with van der Waals surface area (Å²) in [6.45, 7) is 0. The molecular weight excluding hydrogens is 370 g/mol. The zero-order valence-electron chi connectivity index (χ0n) is 14.0. The van der Waals surface area contributed by atoms with Gasteiger partial charge < -0.3 is 0 Å². The molecule has 9 heteroatoms. The van der Waals surface area contributed by atoms with Crippen LogP contribution in [0, 0.1) is 11.6 Å². The fraction of sp³-hybridized carbons (Fsp3) is 0.0556. The summed E-state index contributed by atoms with van der Waals surface area (Å²) in [5.41, 5.74) is 1.61. The van der Waals surface area contributed by atoms with Gasteiger partial charge in [0.1, 0.15) is 11.6 Å². The summed E-state index contributed by atoms with van der Waals surface area (Å²) in [5.74, 6) is -1.03. The molecular formula is C18H12F2N6S. The number of hydrogen-bond acceptors (Lipinski definition) is 6. The van der Waals surface area contributed by atoms with Crippen LogP contribution in [0.25, 0.3) is 28.3 Å². The summed E-state index contributed by atoms with van der Waals surface area (Å²) in [5, 5.41) is 12.3. The van der Waals surface area contributed by atoms with Gasteiger partial charge in [-0.3, -0.25) is 0 Å². The van der Waals surface area contributed by atoms with Crippen LogP contribution in [0.2, 0.25) is 0 Å². The van der Waals surface area contributed by atoms with Crippen molar-refractivity contribution in [3.05, 3.63) is 66.4 Å². The molecule has 0 amide bonds. The molecule has 0 atom stereocenters. The molecule has 2 aromatic carbocycles. The summed E-state index contributed by atoms with van der Waals surface area (Å²) < 4.78 is 29.3. The van der Waals surface area contributed by atoms with Crippen LogP contribution in [0.15, 0.2) is 59.9 Å². The highest BCUT2D eigenvalue weighted by Gasteiger charge is 2.20. The first-order valence-corrected chi connectivity index (χ1v) is 9.10. The van der Waals surface area contributed by atoms with E-state index in [1.54, 1.807) is 6.20 Å². The van der Waals surface area contributed by atoms with Gasteiger partial charge in [-0.05, 0) is 40.9 Å². The van der Waals surface area contributed by atoms with Crippen LogP contribution < -0.4 is 0 Å². The molecule has 0 aliphatic heterocycles. The molecule has 27 heavy (non-hydrogen) atoms. The van der Waals surface area contributed by atoms with E-state index in [2.05, 4.69) is 25.5 Å². The number of benzene rings is 2. The zero-order chi connectivity index (χ0) is 18.8. The predicted molar refractivity (Wildman–Crippen MR) is 97.3 cm³/mol. The summed E-state index contributed by atoms with van der Waals surface area (Å²) >= 11 is 1.32. The van der Waals surface area contributed by atoms with E-state index in [4.69, 9.17) is 0 Å². The van der Waals surface area contributed by atoms with Crippen LogP contribution in [0.1, 0.15) is 0 Å². The summed E-state index contributed by atoms with van der Waals surface area (Å²) in [6.07, 6.45) is 3.36. The van der Waals surface area contributed by atoms with Crippen LogP contribution in [0.4, 0.5) is 8.78 Å². The molecule has 0 spiro atoms. The molecule has 0 N–H and O–H groups in total. The standard InChI is InChI=1S/C18H12F2N6S/c1-27-18-21-10-14(16(22-18)13-8-7-11(19)9-15(13)20)17-23-24-25-26(17)12-5-3-2-4-6-12/h2-10H,1H3. The third-order valence-corrected chi connectivity index (χ3v) is 4.41. The van der Waals surface area contributed by atoms with Crippen LogP contribution in [-0.4, -0.2) is 36.4 Å². The number of rotatable bonds is 4. The highest BCUT2D eigenvalue weighted by atomic mass is 32.2. The SMILES string of the molecule is CSc1ncc(-c2nnnn2-c2ccccc2)c(-c2ccc(F)cc2F)n1. The van der Waals surface area contributed by atoms with E-state index < -0.39 is 11.6 Å². The van der Waals surface area contributed by atoms with Gasteiger partial charge in [0.15, 0.2) is 11.0 Å². The highest BCUT2D eigenvalue weighted by Crippen LogP contribution is 2.32. The van der Waals surface area contributed by atoms with E-state index in [0.29, 0.717) is 22.2 Å². The molecule has 0 fully saturated rings. The number of aromatic nitrogens is 6. The number of thioether (sulfide) groups is 1. The van der Waals surface area contributed by atoms with Crippen molar-refractivity contribution in [2.75, 3.05) is 6.26 Å². The molecule has 0 saturated carbocycles. The van der Waals surface area contributed by atoms with Gasteiger partial charge in [0.2, 0.25) is 0 Å². The second kappa shape index (κ2) is 7.20. The van der Waals surface area contributed by atoms with Gasteiger partial charge in [-0.25, -0.2) is 18.7 Å². The van der Waals surface area contributed by atoms with Crippen molar-refractivity contribution in [2.24, 2.45) is 0 Å². The Morgan fingerprint density at radius 3 is 2.56 bits per heavy atom. The van der Waals surface area contributed by atoms with E-state index in [1.807, 2.05) is 36.6 Å². The van der Waals surface area contributed by atoms with E-state index in [0.717, 1.165) is 11.8 Å². The van der Waals surface area contributed by atoms with Crippen molar-refractivity contribution < 1.29 is 8.78 Å². The molecule has 2 heterocycles.